The number of para-hydroxylation sites is 1. The molecule has 0 unspecified atom stereocenters. The van der Waals surface area contributed by atoms with Gasteiger partial charge in [0, 0.05) is 5.39 Å². The molecule has 0 radical (unpaired) electrons. The second-order valence-electron chi connectivity index (χ2n) is 4.24. The minimum Gasteiger partial charge on any atom is -0.460 e. The fourth-order valence-electron chi connectivity index (χ4n) is 1.71. The maximum Gasteiger partial charge on any atom is 0.212 e. The van der Waals surface area contributed by atoms with Crippen LogP contribution in [0.2, 0.25) is 0 Å². The van der Waals surface area contributed by atoms with Crippen LogP contribution in [0.4, 0.5) is 0 Å². The number of nitrogens with one attached hydrogen (secondary N) is 1. The van der Waals surface area contributed by atoms with Crippen LogP contribution in [0.25, 0.3) is 11.0 Å². The number of hydrogen-bond donors (Lipinski definition) is 1. The smallest absolute Gasteiger partial charge is 0.212 e. The molecule has 4 nitrogen and oxygen atoms in total. The molecule has 0 aliphatic carbocycles. The van der Waals surface area contributed by atoms with E-state index in [0.29, 0.717) is 12.2 Å². The van der Waals surface area contributed by atoms with Crippen molar-refractivity contribution in [1.29, 1.82) is 0 Å². The van der Waals surface area contributed by atoms with Crippen molar-refractivity contribution in [2.45, 2.75) is 26.3 Å². The molecule has 2 rings (SSSR count). The molecule has 18 heavy (non-hydrogen) atoms. The van der Waals surface area contributed by atoms with Crippen LogP contribution in [0.1, 0.15) is 25.5 Å². The number of sulfonamides is 1. The molecular formula is C13H17NO3S. The summed E-state index contributed by atoms with van der Waals surface area (Å²) < 4.78 is 31.3. The third-order valence-corrected chi connectivity index (χ3v) is 4.12. The van der Waals surface area contributed by atoms with E-state index in [9.17, 15) is 8.42 Å². The predicted octanol–water partition coefficient (Wildman–Crippen LogP) is 2.65. The SMILES string of the molecule is CCCCS(=O)(=O)NCc1cc2ccccc2o1. The highest BCUT2D eigenvalue weighted by atomic mass is 32.2. The molecule has 0 amide bonds. The molecule has 0 aliphatic heterocycles. The van der Waals surface area contributed by atoms with Crippen molar-refractivity contribution in [2.75, 3.05) is 5.75 Å². The standard InChI is InChI=1S/C13H17NO3S/c1-2-3-8-18(15,16)14-10-12-9-11-6-4-5-7-13(11)17-12/h4-7,9,14H,2-3,8,10H2,1H3. The first-order valence-corrected chi connectivity index (χ1v) is 7.71. The summed E-state index contributed by atoms with van der Waals surface area (Å²) in [6, 6.07) is 9.48. The molecule has 0 atom stereocenters. The fraction of sp³-hybridized carbons (Fsp3) is 0.385. The summed E-state index contributed by atoms with van der Waals surface area (Å²) in [4.78, 5) is 0. The Morgan fingerprint density at radius 3 is 2.78 bits per heavy atom. The number of rotatable bonds is 6. The van der Waals surface area contributed by atoms with E-state index in [1.54, 1.807) is 0 Å². The van der Waals surface area contributed by atoms with Gasteiger partial charge in [0.1, 0.15) is 11.3 Å². The molecule has 1 aromatic heterocycles. The second-order valence-corrected chi connectivity index (χ2v) is 6.17. The summed E-state index contributed by atoms with van der Waals surface area (Å²) in [5, 5.41) is 0.986. The van der Waals surface area contributed by atoms with Crippen molar-refractivity contribution in [2.24, 2.45) is 0 Å². The molecular weight excluding hydrogens is 250 g/mol. The number of benzene rings is 1. The van der Waals surface area contributed by atoms with E-state index in [4.69, 9.17) is 4.42 Å². The van der Waals surface area contributed by atoms with Gasteiger partial charge in [0.15, 0.2) is 0 Å². The first kappa shape index (κ1) is 13.1. The third-order valence-electron chi connectivity index (χ3n) is 2.71. The van der Waals surface area contributed by atoms with Crippen LogP contribution in [0.15, 0.2) is 34.7 Å². The molecule has 0 fully saturated rings. The Kier molecular flexibility index (Phi) is 4.04. The summed E-state index contributed by atoms with van der Waals surface area (Å²) in [5.41, 5.74) is 0.778. The molecule has 1 heterocycles. The summed E-state index contributed by atoms with van der Waals surface area (Å²) in [6.07, 6.45) is 1.54. The average molecular weight is 267 g/mol. The van der Waals surface area contributed by atoms with Gasteiger partial charge in [0.05, 0.1) is 12.3 Å². The summed E-state index contributed by atoms with van der Waals surface area (Å²) in [5.74, 6) is 0.806. The minimum atomic E-state index is -3.19. The lowest BCUT2D eigenvalue weighted by molar-refractivity contribution is 0.529. The van der Waals surface area contributed by atoms with Crippen molar-refractivity contribution in [3.8, 4) is 0 Å². The molecule has 1 N–H and O–H groups in total. The fourth-order valence-corrected chi connectivity index (χ4v) is 2.89. The molecule has 0 spiro atoms. The summed E-state index contributed by atoms with van der Waals surface area (Å²) in [7, 11) is -3.19. The third kappa shape index (κ3) is 3.34. The molecule has 0 saturated heterocycles. The first-order valence-electron chi connectivity index (χ1n) is 6.05. The van der Waals surface area contributed by atoms with E-state index in [0.717, 1.165) is 17.4 Å². The number of unbranched alkanes of at least 4 members (excludes halogenated alkanes) is 1. The van der Waals surface area contributed by atoms with Gasteiger partial charge in [-0.3, -0.25) is 0 Å². The molecule has 0 saturated carbocycles. The van der Waals surface area contributed by atoms with Gasteiger partial charge >= 0.3 is 0 Å². The molecule has 0 aliphatic rings. The van der Waals surface area contributed by atoms with Gasteiger partial charge in [-0.15, -0.1) is 0 Å². The lowest BCUT2D eigenvalue weighted by Crippen LogP contribution is -2.25. The van der Waals surface area contributed by atoms with Crippen molar-refractivity contribution < 1.29 is 12.8 Å². The largest absolute Gasteiger partial charge is 0.460 e. The molecule has 0 bridgehead atoms. The van der Waals surface area contributed by atoms with Gasteiger partial charge < -0.3 is 4.42 Å². The Bertz CT molecular complexity index is 583. The van der Waals surface area contributed by atoms with Gasteiger partial charge in [0.25, 0.3) is 0 Å². The van der Waals surface area contributed by atoms with Crippen molar-refractivity contribution in [3.63, 3.8) is 0 Å². The van der Waals surface area contributed by atoms with Crippen molar-refractivity contribution in [1.82, 2.24) is 4.72 Å². The number of hydrogen-bond acceptors (Lipinski definition) is 3. The molecule has 1 aromatic carbocycles. The maximum atomic E-state index is 11.6. The van der Waals surface area contributed by atoms with Gasteiger partial charge in [-0.05, 0) is 18.6 Å². The summed E-state index contributed by atoms with van der Waals surface area (Å²) >= 11 is 0. The van der Waals surface area contributed by atoms with E-state index >= 15 is 0 Å². The number of furan rings is 1. The molecule has 5 heteroatoms. The lowest BCUT2D eigenvalue weighted by atomic mass is 10.2. The maximum absolute atomic E-state index is 11.6. The van der Waals surface area contributed by atoms with Crippen LogP contribution in [0.3, 0.4) is 0 Å². The second kappa shape index (κ2) is 5.54. The minimum absolute atomic E-state index is 0.170. The summed E-state index contributed by atoms with van der Waals surface area (Å²) in [6.45, 7) is 2.18. The van der Waals surface area contributed by atoms with Crippen LogP contribution in [-0.4, -0.2) is 14.2 Å². The average Bonchev–Trinajstić information content (AvgIpc) is 2.77. The Balaban J connectivity index is 2.01. The van der Waals surface area contributed by atoms with Crippen molar-refractivity contribution in [3.05, 3.63) is 36.1 Å². The van der Waals surface area contributed by atoms with Crippen LogP contribution >= 0.6 is 0 Å². The topological polar surface area (TPSA) is 59.3 Å². The van der Waals surface area contributed by atoms with E-state index < -0.39 is 10.0 Å². The van der Waals surface area contributed by atoms with E-state index in [2.05, 4.69) is 4.72 Å². The highest BCUT2D eigenvalue weighted by molar-refractivity contribution is 7.89. The Morgan fingerprint density at radius 1 is 1.28 bits per heavy atom. The van der Waals surface area contributed by atoms with E-state index in [1.807, 2.05) is 37.3 Å². The van der Waals surface area contributed by atoms with Gasteiger partial charge in [-0.2, -0.15) is 0 Å². The van der Waals surface area contributed by atoms with E-state index in [1.165, 1.54) is 0 Å². The molecule has 2 aromatic rings. The highest BCUT2D eigenvalue weighted by Crippen LogP contribution is 2.18. The zero-order valence-corrected chi connectivity index (χ0v) is 11.2. The zero-order valence-electron chi connectivity index (χ0n) is 10.3. The normalized spacial score (nSPS) is 12.1. The quantitative estimate of drug-likeness (QED) is 0.875. The Morgan fingerprint density at radius 2 is 2.06 bits per heavy atom. The van der Waals surface area contributed by atoms with Gasteiger partial charge in [-0.25, -0.2) is 13.1 Å². The van der Waals surface area contributed by atoms with E-state index in [-0.39, 0.29) is 12.3 Å². The zero-order chi connectivity index (χ0) is 13.0. The van der Waals surface area contributed by atoms with Crippen LogP contribution in [0, 0.1) is 0 Å². The van der Waals surface area contributed by atoms with Crippen LogP contribution < -0.4 is 4.72 Å². The van der Waals surface area contributed by atoms with Gasteiger partial charge in [-0.1, -0.05) is 31.5 Å². The van der Waals surface area contributed by atoms with Gasteiger partial charge in [0.2, 0.25) is 10.0 Å². The van der Waals surface area contributed by atoms with Crippen molar-refractivity contribution >= 4 is 21.0 Å². The monoisotopic (exact) mass is 267 g/mol. The van der Waals surface area contributed by atoms with Crippen LogP contribution in [0.5, 0.6) is 0 Å². The molecule has 98 valence electrons. The number of fused-ring (bicyclic) bond motifs is 1. The Labute approximate surface area is 107 Å². The van der Waals surface area contributed by atoms with Crippen LogP contribution in [-0.2, 0) is 16.6 Å². The first-order chi connectivity index (χ1) is 8.61. The highest BCUT2D eigenvalue weighted by Gasteiger charge is 2.10. The predicted molar refractivity (Wildman–Crippen MR) is 71.7 cm³/mol. The Hall–Kier alpha value is -1.33. The lowest BCUT2D eigenvalue weighted by Gasteiger charge is -2.03.